The van der Waals surface area contributed by atoms with Gasteiger partial charge in [-0.3, -0.25) is 0 Å². The Bertz CT molecular complexity index is 420. The van der Waals surface area contributed by atoms with Gasteiger partial charge >= 0.3 is 5.97 Å². The normalized spacial score (nSPS) is 10.3. The van der Waals surface area contributed by atoms with Gasteiger partial charge in [0.05, 0.1) is 18.8 Å². The second-order valence-corrected chi connectivity index (χ2v) is 4.28. The second kappa shape index (κ2) is 9.20. The van der Waals surface area contributed by atoms with E-state index < -0.39 is 5.97 Å². The third-order valence-electron chi connectivity index (χ3n) is 2.66. The van der Waals surface area contributed by atoms with Crippen LogP contribution in [0.4, 0.5) is 5.69 Å². The van der Waals surface area contributed by atoms with Gasteiger partial charge in [-0.2, -0.15) is 0 Å². The van der Waals surface area contributed by atoms with Gasteiger partial charge in [-0.25, -0.2) is 4.79 Å². The van der Waals surface area contributed by atoms with E-state index in [1.807, 2.05) is 0 Å². The molecule has 0 unspecified atom stereocenters. The Labute approximate surface area is 120 Å². The number of hydrogen-bond donors (Lipinski definition) is 1. The van der Waals surface area contributed by atoms with Crippen molar-refractivity contribution in [2.45, 2.75) is 26.7 Å². The van der Waals surface area contributed by atoms with Crippen molar-refractivity contribution in [3.05, 3.63) is 23.8 Å². The van der Waals surface area contributed by atoms with Crippen LogP contribution in [-0.4, -0.2) is 32.4 Å². The lowest BCUT2D eigenvalue weighted by molar-refractivity contribution is 0.0527. The Kier molecular flexibility index (Phi) is 7.50. The molecule has 0 fully saturated rings. The lowest BCUT2D eigenvalue weighted by atomic mass is 10.2. The van der Waals surface area contributed by atoms with Gasteiger partial charge in [0.1, 0.15) is 12.4 Å². The van der Waals surface area contributed by atoms with Crippen LogP contribution in [0.2, 0.25) is 0 Å². The van der Waals surface area contributed by atoms with E-state index in [4.69, 9.17) is 19.9 Å². The molecule has 0 aliphatic carbocycles. The molecule has 0 saturated carbocycles. The number of unbranched alkanes of at least 4 members (excludes halogenated alkanes) is 1. The number of carbonyl (C=O) groups excluding carboxylic acids is 1. The first kappa shape index (κ1) is 16.3. The third kappa shape index (κ3) is 5.48. The molecule has 5 heteroatoms. The summed E-state index contributed by atoms with van der Waals surface area (Å²) in [6.07, 6.45) is 2.16. The minimum Gasteiger partial charge on any atom is -0.491 e. The predicted molar refractivity (Wildman–Crippen MR) is 78.0 cm³/mol. The van der Waals surface area contributed by atoms with E-state index in [1.165, 1.54) is 0 Å². The van der Waals surface area contributed by atoms with E-state index in [1.54, 1.807) is 25.1 Å². The van der Waals surface area contributed by atoms with E-state index >= 15 is 0 Å². The first-order valence-corrected chi connectivity index (χ1v) is 6.96. The van der Waals surface area contributed by atoms with Crippen LogP contribution in [0.5, 0.6) is 5.75 Å². The number of rotatable bonds is 9. The monoisotopic (exact) mass is 281 g/mol. The predicted octanol–water partition coefficient (Wildman–Crippen LogP) is 2.64. The fourth-order valence-corrected chi connectivity index (χ4v) is 1.58. The molecule has 0 aromatic heterocycles. The fourth-order valence-electron chi connectivity index (χ4n) is 1.58. The number of nitrogen functional groups attached to an aromatic ring is 1. The smallest absolute Gasteiger partial charge is 0.340 e. The maximum absolute atomic E-state index is 11.7. The van der Waals surface area contributed by atoms with Crippen molar-refractivity contribution in [2.75, 3.05) is 32.2 Å². The Morgan fingerprint density at radius 3 is 2.70 bits per heavy atom. The van der Waals surface area contributed by atoms with Crippen molar-refractivity contribution in [1.29, 1.82) is 0 Å². The Hall–Kier alpha value is -1.75. The van der Waals surface area contributed by atoms with E-state index in [0.717, 1.165) is 19.4 Å². The average molecular weight is 281 g/mol. The van der Waals surface area contributed by atoms with Crippen LogP contribution in [-0.2, 0) is 9.47 Å². The van der Waals surface area contributed by atoms with Gasteiger partial charge in [-0.15, -0.1) is 0 Å². The average Bonchev–Trinajstić information content (AvgIpc) is 2.44. The summed E-state index contributed by atoms with van der Waals surface area (Å²) < 4.78 is 15.9. The maximum Gasteiger partial charge on any atom is 0.340 e. The molecule has 0 atom stereocenters. The highest BCUT2D eigenvalue weighted by molar-refractivity contribution is 5.95. The van der Waals surface area contributed by atoms with Crippen LogP contribution in [0.25, 0.3) is 0 Å². The Morgan fingerprint density at radius 2 is 2.00 bits per heavy atom. The number of ether oxygens (including phenoxy) is 3. The highest BCUT2D eigenvalue weighted by atomic mass is 16.5. The zero-order chi connectivity index (χ0) is 14.8. The van der Waals surface area contributed by atoms with Crippen LogP contribution < -0.4 is 10.5 Å². The number of carbonyl (C=O) groups is 1. The molecule has 1 aromatic rings. The van der Waals surface area contributed by atoms with Crippen molar-refractivity contribution in [3.63, 3.8) is 0 Å². The number of benzene rings is 1. The topological polar surface area (TPSA) is 70.8 Å². The largest absolute Gasteiger partial charge is 0.491 e. The van der Waals surface area contributed by atoms with Crippen LogP contribution in [0, 0.1) is 0 Å². The number of esters is 1. The molecule has 1 aromatic carbocycles. The van der Waals surface area contributed by atoms with Gasteiger partial charge in [0, 0.05) is 12.3 Å². The Morgan fingerprint density at radius 1 is 1.20 bits per heavy atom. The number of anilines is 1. The highest BCUT2D eigenvalue weighted by Gasteiger charge is 2.11. The molecular formula is C15H23NO4. The summed E-state index contributed by atoms with van der Waals surface area (Å²) in [5.74, 6) is 0.149. The van der Waals surface area contributed by atoms with Crippen LogP contribution in [0.1, 0.15) is 37.0 Å². The zero-order valence-corrected chi connectivity index (χ0v) is 12.2. The van der Waals surface area contributed by atoms with Gasteiger partial charge < -0.3 is 19.9 Å². The molecule has 2 N–H and O–H groups in total. The first-order chi connectivity index (χ1) is 9.69. The molecule has 0 aliphatic rings. The molecule has 0 radical (unpaired) electrons. The van der Waals surface area contributed by atoms with Gasteiger partial charge in [0.25, 0.3) is 0 Å². The van der Waals surface area contributed by atoms with Crippen LogP contribution in [0.3, 0.4) is 0 Å². The fraction of sp³-hybridized carbons (Fsp3) is 0.533. The molecule has 0 aliphatic heterocycles. The molecule has 0 heterocycles. The summed E-state index contributed by atoms with van der Waals surface area (Å²) in [6.45, 7) is 5.90. The van der Waals surface area contributed by atoms with E-state index in [2.05, 4.69) is 6.92 Å². The van der Waals surface area contributed by atoms with Crippen molar-refractivity contribution < 1.29 is 19.0 Å². The lowest BCUT2D eigenvalue weighted by Gasteiger charge is -2.10. The highest BCUT2D eigenvalue weighted by Crippen LogP contribution is 2.20. The first-order valence-electron chi connectivity index (χ1n) is 6.96. The minimum atomic E-state index is -0.436. The summed E-state index contributed by atoms with van der Waals surface area (Å²) in [5, 5.41) is 0. The Balaban J connectivity index is 2.46. The molecular weight excluding hydrogens is 258 g/mol. The minimum absolute atomic E-state index is 0.314. The van der Waals surface area contributed by atoms with Crippen molar-refractivity contribution in [3.8, 4) is 5.75 Å². The summed E-state index contributed by atoms with van der Waals surface area (Å²) in [6, 6.07) is 4.96. The standard InChI is InChI=1S/C15H23NO4/c1-3-5-8-18-9-10-20-12-6-7-14(16)13(11-12)15(17)19-4-2/h6-7,11H,3-5,8-10,16H2,1-2H3. The molecule has 0 spiro atoms. The number of nitrogens with two attached hydrogens (primary N) is 1. The SMILES string of the molecule is CCCCOCCOc1ccc(N)c(C(=O)OCC)c1. The van der Waals surface area contributed by atoms with Crippen molar-refractivity contribution >= 4 is 11.7 Å². The van der Waals surface area contributed by atoms with E-state index in [-0.39, 0.29) is 0 Å². The quantitative estimate of drug-likeness (QED) is 0.428. The van der Waals surface area contributed by atoms with Gasteiger partial charge in [0.15, 0.2) is 0 Å². The summed E-state index contributed by atoms with van der Waals surface area (Å²) in [5.41, 5.74) is 6.46. The molecule has 20 heavy (non-hydrogen) atoms. The molecule has 0 amide bonds. The second-order valence-electron chi connectivity index (χ2n) is 4.28. The lowest BCUT2D eigenvalue weighted by Crippen LogP contribution is -2.10. The maximum atomic E-state index is 11.7. The van der Waals surface area contributed by atoms with E-state index in [9.17, 15) is 4.79 Å². The summed E-state index contributed by atoms with van der Waals surface area (Å²) >= 11 is 0. The molecule has 1 rings (SSSR count). The molecule has 0 saturated heterocycles. The summed E-state index contributed by atoms with van der Waals surface area (Å²) in [7, 11) is 0. The van der Waals surface area contributed by atoms with Crippen LogP contribution >= 0.6 is 0 Å². The van der Waals surface area contributed by atoms with Crippen molar-refractivity contribution in [2.24, 2.45) is 0 Å². The van der Waals surface area contributed by atoms with Gasteiger partial charge in [0.2, 0.25) is 0 Å². The molecule has 0 bridgehead atoms. The third-order valence-corrected chi connectivity index (χ3v) is 2.66. The number of hydrogen-bond acceptors (Lipinski definition) is 5. The summed E-state index contributed by atoms with van der Waals surface area (Å²) in [4.78, 5) is 11.7. The van der Waals surface area contributed by atoms with E-state index in [0.29, 0.717) is 36.8 Å². The van der Waals surface area contributed by atoms with Crippen molar-refractivity contribution in [1.82, 2.24) is 0 Å². The molecule has 112 valence electrons. The zero-order valence-electron chi connectivity index (χ0n) is 12.2. The van der Waals surface area contributed by atoms with Gasteiger partial charge in [-0.05, 0) is 31.5 Å². The molecule has 5 nitrogen and oxygen atoms in total. The van der Waals surface area contributed by atoms with Gasteiger partial charge in [-0.1, -0.05) is 13.3 Å². The van der Waals surface area contributed by atoms with Crippen LogP contribution in [0.15, 0.2) is 18.2 Å².